The summed E-state index contributed by atoms with van der Waals surface area (Å²) in [5.41, 5.74) is 4.40. The number of hydrogen-bond donors (Lipinski definition) is 2. The van der Waals surface area contributed by atoms with Gasteiger partial charge in [0.1, 0.15) is 5.54 Å². The van der Waals surface area contributed by atoms with Crippen molar-refractivity contribution >= 4 is 5.97 Å². The maximum Gasteiger partial charge on any atom is 0.390 e. The van der Waals surface area contributed by atoms with Crippen molar-refractivity contribution in [3.63, 3.8) is 0 Å². The fraction of sp³-hybridized carbons (Fsp3) is 0.909. The van der Waals surface area contributed by atoms with Crippen LogP contribution in [0.15, 0.2) is 0 Å². The van der Waals surface area contributed by atoms with Gasteiger partial charge in [-0.2, -0.15) is 13.2 Å². The van der Waals surface area contributed by atoms with E-state index in [9.17, 15) is 18.0 Å². The highest BCUT2D eigenvalue weighted by molar-refractivity contribution is 5.78. The highest BCUT2D eigenvalue weighted by atomic mass is 19.4. The van der Waals surface area contributed by atoms with Crippen LogP contribution in [0, 0.1) is 0 Å². The first-order valence-electron chi connectivity index (χ1n) is 5.88. The van der Waals surface area contributed by atoms with Crippen LogP contribution in [0.25, 0.3) is 0 Å². The molecule has 0 aliphatic carbocycles. The molecule has 0 radical (unpaired) electrons. The van der Waals surface area contributed by atoms with Gasteiger partial charge in [-0.1, -0.05) is 6.92 Å². The molecule has 0 aliphatic rings. The topological polar surface area (TPSA) is 66.6 Å². The highest BCUT2D eigenvalue weighted by Crippen LogP contribution is 2.20. The van der Waals surface area contributed by atoms with E-state index in [2.05, 4.69) is 0 Å². The van der Waals surface area contributed by atoms with Gasteiger partial charge in [-0.15, -0.1) is 0 Å². The third-order valence-corrected chi connectivity index (χ3v) is 3.00. The minimum atomic E-state index is -4.16. The van der Waals surface area contributed by atoms with Crippen LogP contribution in [0.2, 0.25) is 0 Å². The third kappa shape index (κ3) is 6.80. The van der Waals surface area contributed by atoms with E-state index in [0.29, 0.717) is 19.4 Å². The Balaban J connectivity index is 3.93. The Bertz CT molecular complexity index is 272. The molecule has 1 unspecified atom stereocenters. The van der Waals surface area contributed by atoms with E-state index >= 15 is 0 Å². The second kappa shape index (κ2) is 6.94. The van der Waals surface area contributed by atoms with Crippen molar-refractivity contribution in [2.45, 2.75) is 44.3 Å². The van der Waals surface area contributed by atoms with Crippen molar-refractivity contribution in [3.05, 3.63) is 0 Å². The summed E-state index contributed by atoms with van der Waals surface area (Å²) < 4.78 is 35.9. The maximum atomic E-state index is 12.0. The first kappa shape index (κ1) is 17.2. The normalized spacial score (nSPS) is 15.7. The molecule has 0 aromatic heterocycles. The number of halogens is 3. The summed E-state index contributed by atoms with van der Waals surface area (Å²) in [7, 11) is 1.58. The van der Waals surface area contributed by atoms with Crippen molar-refractivity contribution in [2.75, 3.05) is 20.1 Å². The van der Waals surface area contributed by atoms with Gasteiger partial charge in [0.25, 0.3) is 0 Å². The molecule has 108 valence electrons. The lowest BCUT2D eigenvalue weighted by Gasteiger charge is -2.24. The molecule has 0 saturated carbocycles. The van der Waals surface area contributed by atoms with E-state index in [0.717, 1.165) is 0 Å². The SMILES string of the molecule is CCC(N)(CCCN(C)CCC(F)(F)F)C(=O)O. The lowest BCUT2D eigenvalue weighted by molar-refractivity contribution is -0.143. The van der Waals surface area contributed by atoms with Crippen LogP contribution in [-0.2, 0) is 4.79 Å². The van der Waals surface area contributed by atoms with Crippen molar-refractivity contribution in [3.8, 4) is 0 Å². The standard InChI is InChI=1S/C11H21F3N2O2/c1-3-10(15,9(17)18)5-4-7-16(2)8-6-11(12,13)14/h3-8,15H2,1-2H3,(H,17,18). The van der Waals surface area contributed by atoms with E-state index in [-0.39, 0.29) is 13.0 Å². The smallest absolute Gasteiger partial charge is 0.390 e. The van der Waals surface area contributed by atoms with Gasteiger partial charge < -0.3 is 15.7 Å². The zero-order chi connectivity index (χ0) is 14.4. The summed E-state index contributed by atoms with van der Waals surface area (Å²) in [5, 5.41) is 8.92. The Kier molecular flexibility index (Phi) is 6.62. The van der Waals surface area contributed by atoms with Crippen LogP contribution < -0.4 is 5.73 Å². The van der Waals surface area contributed by atoms with E-state index in [4.69, 9.17) is 10.8 Å². The predicted molar refractivity (Wildman–Crippen MR) is 62.2 cm³/mol. The van der Waals surface area contributed by atoms with Gasteiger partial charge in [0.2, 0.25) is 0 Å². The molecule has 3 N–H and O–H groups in total. The maximum absolute atomic E-state index is 12.0. The Hall–Kier alpha value is -0.820. The number of carbonyl (C=O) groups is 1. The van der Waals surface area contributed by atoms with Crippen molar-refractivity contribution in [2.24, 2.45) is 5.73 Å². The van der Waals surface area contributed by atoms with Crippen LogP contribution in [-0.4, -0.2) is 47.8 Å². The molecular weight excluding hydrogens is 249 g/mol. The molecule has 0 bridgehead atoms. The number of hydrogen-bond acceptors (Lipinski definition) is 3. The van der Waals surface area contributed by atoms with Crippen LogP contribution in [0.5, 0.6) is 0 Å². The average Bonchev–Trinajstić information content (AvgIpc) is 2.25. The number of nitrogens with two attached hydrogens (primary N) is 1. The first-order chi connectivity index (χ1) is 8.10. The Morgan fingerprint density at radius 2 is 1.83 bits per heavy atom. The van der Waals surface area contributed by atoms with Gasteiger partial charge in [-0.05, 0) is 32.9 Å². The van der Waals surface area contributed by atoms with Gasteiger partial charge in [0.05, 0.1) is 6.42 Å². The number of aliphatic carboxylic acids is 1. The van der Waals surface area contributed by atoms with E-state index in [1.54, 1.807) is 14.0 Å². The largest absolute Gasteiger partial charge is 0.480 e. The van der Waals surface area contributed by atoms with Crippen LogP contribution in [0.4, 0.5) is 13.2 Å². The van der Waals surface area contributed by atoms with Crippen LogP contribution in [0.1, 0.15) is 32.6 Å². The van der Waals surface area contributed by atoms with Crippen LogP contribution >= 0.6 is 0 Å². The van der Waals surface area contributed by atoms with E-state index < -0.39 is 24.1 Å². The summed E-state index contributed by atoms with van der Waals surface area (Å²) in [4.78, 5) is 12.4. The minimum Gasteiger partial charge on any atom is -0.480 e. The zero-order valence-electron chi connectivity index (χ0n) is 10.8. The zero-order valence-corrected chi connectivity index (χ0v) is 10.8. The fourth-order valence-corrected chi connectivity index (χ4v) is 1.53. The van der Waals surface area contributed by atoms with Crippen molar-refractivity contribution in [1.29, 1.82) is 0 Å². The van der Waals surface area contributed by atoms with Gasteiger partial charge >= 0.3 is 12.1 Å². The molecule has 0 amide bonds. The van der Waals surface area contributed by atoms with E-state index in [1.807, 2.05) is 0 Å². The predicted octanol–water partition coefficient (Wildman–Crippen LogP) is 1.84. The lowest BCUT2D eigenvalue weighted by Crippen LogP contribution is -2.47. The Morgan fingerprint density at radius 3 is 2.22 bits per heavy atom. The summed E-state index contributed by atoms with van der Waals surface area (Å²) in [6.45, 7) is 2.00. The summed E-state index contributed by atoms with van der Waals surface area (Å²) in [5.74, 6) is -1.07. The monoisotopic (exact) mass is 270 g/mol. The summed E-state index contributed by atoms with van der Waals surface area (Å²) >= 11 is 0. The number of rotatable bonds is 8. The molecule has 0 spiro atoms. The average molecular weight is 270 g/mol. The molecule has 0 saturated heterocycles. The minimum absolute atomic E-state index is 0.0831. The molecule has 0 fully saturated rings. The highest BCUT2D eigenvalue weighted by Gasteiger charge is 2.31. The molecule has 0 aromatic carbocycles. The van der Waals surface area contributed by atoms with E-state index in [1.165, 1.54) is 4.90 Å². The van der Waals surface area contributed by atoms with Crippen molar-refractivity contribution in [1.82, 2.24) is 4.90 Å². The molecule has 7 heteroatoms. The molecule has 18 heavy (non-hydrogen) atoms. The lowest BCUT2D eigenvalue weighted by atomic mass is 9.92. The van der Waals surface area contributed by atoms with Gasteiger partial charge in [0.15, 0.2) is 0 Å². The van der Waals surface area contributed by atoms with Crippen molar-refractivity contribution < 1.29 is 23.1 Å². The quantitative estimate of drug-likeness (QED) is 0.706. The summed E-state index contributed by atoms with van der Waals surface area (Å²) in [6, 6.07) is 0. The summed E-state index contributed by atoms with van der Waals surface area (Å²) in [6.07, 6.45) is -3.99. The molecule has 1 atom stereocenters. The third-order valence-electron chi connectivity index (χ3n) is 3.00. The molecule has 0 rings (SSSR count). The molecule has 0 heterocycles. The Morgan fingerprint density at radius 1 is 1.28 bits per heavy atom. The number of carboxylic acid groups (broad SMARTS) is 1. The Labute approximate surface area is 105 Å². The second-order valence-electron chi connectivity index (χ2n) is 4.59. The van der Waals surface area contributed by atoms with Gasteiger partial charge in [0, 0.05) is 6.54 Å². The molecule has 4 nitrogen and oxygen atoms in total. The second-order valence-corrected chi connectivity index (χ2v) is 4.59. The number of carboxylic acids is 1. The number of nitrogens with zero attached hydrogens (tertiary/aromatic N) is 1. The molecule has 0 aliphatic heterocycles. The van der Waals surface area contributed by atoms with Crippen LogP contribution in [0.3, 0.4) is 0 Å². The molecular formula is C11H21F3N2O2. The first-order valence-corrected chi connectivity index (χ1v) is 5.88. The molecule has 0 aromatic rings. The van der Waals surface area contributed by atoms with Gasteiger partial charge in [-0.25, -0.2) is 0 Å². The van der Waals surface area contributed by atoms with Gasteiger partial charge in [-0.3, -0.25) is 4.79 Å². The number of alkyl halides is 3. The fourth-order valence-electron chi connectivity index (χ4n) is 1.53.